The summed E-state index contributed by atoms with van der Waals surface area (Å²) < 4.78 is 7.08. The van der Waals surface area contributed by atoms with E-state index >= 15 is 0 Å². The molecule has 0 bridgehead atoms. The Kier molecular flexibility index (Phi) is 5.64. The van der Waals surface area contributed by atoms with Crippen molar-refractivity contribution in [1.82, 2.24) is 13.7 Å². The van der Waals surface area contributed by atoms with Crippen LogP contribution in [0, 0.1) is 22.7 Å². The van der Waals surface area contributed by atoms with E-state index in [0.29, 0.717) is 11.1 Å². The molecule has 10 aromatic rings. The summed E-state index contributed by atoms with van der Waals surface area (Å²) >= 11 is 0. The summed E-state index contributed by atoms with van der Waals surface area (Å²) in [7, 11) is 0. The van der Waals surface area contributed by atoms with E-state index in [9.17, 15) is 10.5 Å². The molecule has 10 rings (SSSR count). The van der Waals surface area contributed by atoms with Crippen molar-refractivity contribution in [2.75, 3.05) is 0 Å². The van der Waals surface area contributed by atoms with Crippen molar-refractivity contribution in [2.24, 2.45) is 0 Å². The molecule has 5 nitrogen and oxygen atoms in total. The molecule has 0 saturated carbocycles. The first-order valence-electron chi connectivity index (χ1n) is 16.2. The van der Waals surface area contributed by atoms with Crippen molar-refractivity contribution in [3.63, 3.8) is 0 Å². The molecule has 0 aliphatic rings. The highest BCUT2D eigenvalue weighted by molar-refractivity contribution is 6.31. The second kappa shape index (κ2) is 10.2. The Morgan fingerprint density at radius 3 is 1.18 bits per heavy atom. The molecular weight excluding hydrogens is 599 g/mol. The Bertz CT molecular complexity index is 2840. The minimum atomic E-state index is 0.639. The molecule has 0 spiro atoms. The lowest BCUT2D eigenvalue weighted by molar-refractivity contribution is 1.17. The number of fused-ring (bicyclic) bond motifs is 11. The lowest BCUT2D eigenvalue weighted by Crippen LogP contribution is -1.96. The lowest BCUT2D eigenvalue weighted by atomic mass is 10.1. The Labute approximate surface area is 280 Å². The quantitative estimate of drug-likeness (QED) is 0.197. The van der Waals surface area contributed by atoms with Gasteiger partial charge in [0.25, 0.3) is 0 Å². The van der Waals surface area contributed by atoms with Crippen molar-refractivity contribution < 1.29 is 0 Å². The highest BCUT2D eigenvalue weighted by atomic mass is 15.0. The fourth-order valence-electron chi connectivity index (χ4n) is 7.86. The first kappa shape index (κ1) is 27.1. The minimum Gasteiger partial charge on any atom is -0.309 e. The van der Waals surface area contributed by atoms with Crippen LogP contribution in [0.1, 0.15) is 11.1 Å². The largest absolute Gasteiger partial charge is 0.309 e. The van der Waals surface area contributed by atoms with Gasteiger partial charge in [-0.05, 0) is 84.9 Å². The first-order valence-corrected chi connectivity index (χ1v) is 16.2. The van der Waals surface area contributed by atoms with Gasteiger partial charge in [0.1, 0.15) is 0 Å². The summed E-state index contributed by atoms with van der Waals surface area (Å²) in [5.41, 5.74) is 11.1. The molecule has 0 amide bonds. The molecule has 0 aliphatic carbocycles. The van der Waals surface area contributed by atoms with Crippen LogP contribution in [0.4, 0.5) is 0 Å². The predicted octanol–water partition coefficient (Wildman–Crippen LogP) is 10.7. The number of rotatable bonds is 3. The third-order valence-electron chi connectivity index (χ3n) is 9.88. The van der Waals surface area contributed by atoms with Crippen molar-refractivity contribution in [3.05, 3.63) is 163 Å². The molecular formula is C44H25N5. The summed E-state index contributed by atoms with van der Waals surface area (Å²) in [5, 5.41) is 26.0. The molecule has 3 heterocycles. The van der Waals surface area contributed by atoms with Crippen LogP contribution >= 0.6 is 0 Å². The number of hydrogen-bond acceptors (Lipinski definition) is 2. The molecule has 0 aliphatic heterocycles. The van der Waals surface area contributed by atoms with Gasteiger partial charge in [-0.2, -0.15) is 10.5 Å². The maximum absolute atomic E-state index is 9.49. The summed E-state index contributed by atoms with van der Waals surface area (Å²) in [6.45, 7) is 0. The summed E-state index contributed by atoms with van der Waals surface area (Å²) in [6, 6.07) is 57.1. The number of nitriles is 2. The van der Waals surface area contributed by atoms with E-state index in [0.717, 1.165) is 50.2 Å². The van der Waals surface area contributed by atoms with E-state index in [1.165, 1.54) is 32.3 Å². The van der Waals surface area contributed by atoms with Crippen LogP contribution in [-0.2, 0) is 0 Å². The zero-order chi connectivity index (χ0) is 32.6. The van der Waals surface area contributed by atoms with Gasteiger partial charge in [-0.3, -0.25) is 0 Å². The van der Waals surface area contributed by atoms with Crippen LogP contribution in [-0.4, -0.2) is 13.7 Å². The van der Waals surface area contributed by atoms with Crippen molar-refractivity contribution in [2.45, 2.75) is 0 Å². The fourth-order valence-corrected chi connectivity index (χ4v) is 7.86. The molecule has 7 aromatic carbocycles. The van der Waals surface area contributed by atoms with Crippen LogP contribution < -0.4 is 0 Å². The van der Waals surface area contributed by atoms with Crippen LogP contribution in [0.2, 0.25) is 0 Å². The first-order chi connectivity index (χ1) is 24.2. The number of hydrogen-bond donors (Lipinski definition) is 0. The second-order valence-electron chi connectivity index (χ2n) is 12.4. The molecule has 0 saturated heterocycles. The molecule has 5 heteroatoms. The topological polar surface area (TPSA) is 62.4 Å². The van der Waals surface area contributed by atoms with Gasteiger partial charge in [-0.25, -0.2) is 0 Å². The van der Waals surface area contributed by atoms with Crippen molar-refractivity contribution in [1.29, 1.82) is 10.5 Å². The van der Waals surface area contributed by atoms with Gasteiger partial charge in [-0.15, -0.1) is 0 Å². The van der Waals surface area contributed by atoms with Gasteiger partial charge in [0.2, 0.25) is 0 Å². The monoisotopic (exact) mass is 623 g/mol. The minimum absolute atomic E-state index is 0.639. The standard InChI is InChI=1S/C44H25N5/c45-26-28-14-18-31(19-15-28)47-37-12-6-4-10-35(37)41-39(47)24-22-33-34-23-25-40-42(44(34)49(43(33)41)30-8-2-1-3-9-30)36-11-5-7-13-38(36)48(40)32-20-16-29(27-46)17-21-32/h1-25H. The van der Waals surface area contributed by atoms with E-state index < -0.39 is 0 Å². The number of benzene rings is 7. The Balaban J connectivity index is 1.42. The van der Waals surface area contributed by atoms with Gasteiger partial charge in [0.15, 0.2) is 0 Å². The summed E-state index contributed by atoms with van der Waals surface area (Å²) in [4.78, 5) is 0. The van der Waals surface area contributed by atoms with Gasteiger partial charge in [0, 0.05) is 49.4 Å². The Hall–Kier alpha value is -7.08. The highest BCUT2D eigenvalue weighted by Crippen LogP contribution is 2.46. The fraction of sp³-hybridized carbons (Fsp3) is 0. The zero-order valence-corrected chi connectivity index (χ0v) is 26.2. The van der Waals surface area contributed by atoms with Crippen LogP contribution in [0.15, 0.2) is 152 Å². The number of para-hydroxylation sites is 3. The lowest BCUT2D eigenvalue weighted by Gasteiger charge is -2.11. The molecule has 3 aromatic heterocycles. The van der Waals surface area contributed by atoms with E-state index in [4.69, 9.17) is 0 Å². The second-order valence-corrected chi connectivity index (χ2v) is 12.4. The zero-order valence-electron chi connectivity index (χ0n) is 26.2. The average molecular weight is 624 g/mol. The van der Waals surface area contributed by atoms with Gasteiger partial charge >= 0.3 is 0 Å². The van der Waals surface area contributed by atoms with Gasteiger partial charge in [-0.1, -0.05) is 66.7 Å². The third-order valence-corrected chi connectivity index (χ3v) is 9.88. The van der Waals surface area contributed by atoms with Gasteiger partial charge < -0.3 is 13.7 Å². The molecule has 0 radical (unpaired) electrons. The number of aromatic nitrogens is 3. The predicted molar refractivity (Wildman–Crippen MR) is 199 cm³/mol. The molecule has 0 atom stereocenters. The van der Waals surface area contributed by atoms with E-state index in [-0.39, 0.29) is 0 Å². The number of nitrogens with zero attached hydrogens (tertiary/aromatic N) is 5. The molecule has 49 heavy (non-hydrogen) atoms. The van der Waals surface area contributed by atoms with Crippen LogP contribution in [0.5, 0.6) is 0 Å². The van der Waals surface area contributed by atoms with Crippen molar-refractivity contribution >= 4 is 65.4 Å². The van der Waals surface area contributed by atoms with Crippen LogP contribution in [0.25, 0.3) is 82.5 Å². The molecule has 0 N–H and O–H groups in total. The average Bonchev–Trinajstić information content (AvgIpc) is 3.81. The molecule has 226 valence electrons. The smallest absolute Gasteiger partial charge is 0.0991 e. The third kappa shape index (κ3) is 3.73. The summed E-state index contributed by atoms with van der Waals surface area (Å²) in [6.07, 6.45) is 0. The van der Waals surface area contributed by atoms with Crippen molar-refractivity contribution in [3.8, 4) is 29.2 Å². The van der Waals surface area contributed by atoms with Crippen LogP contribution in [0.3, 0.4) is 0 Å². The highest BCUT2D eigenvalue weighted by Gasteiger charge is 2.24. The maximum atomic E-state index is 9.49. The van der Waals surface area contributed by atoms with E-state index in [2.05, 4.69) is 129 Å². The van der Waals surface area contributed by atoms with Gasteiger partial charge in [0.05, 0.1) is 56.4 Å². The molecule has 0 unspecified atom stereocenters. The maximum Gasteiger partial charge on any atom is 0.0991 e. The summed E-state index contributed by atoms with van der Waals surface area (Å²) in [5.74, 6) is 0. The Morgan fingerprint density at radius 1 is 0.327 bits per heavy atom. The normalized spacial score (nSPS) is 11.6. The SMILES string of the molecule is N#Cc1ccc(-n2c3ccccc3c3c2ccc2c4ccc5c(c6ccccc6n5-c5ccc(C#N)cc5)c4n(-c4ccccc4)c23)cc1. The molecule has 0 fully saturated rings. The van der Waals surface area contributed by atoms with E-state index in [1.54, 1.807) is 0 Å². The Morgan fingerprint density at radius 2 is 0.735 bits per heavy atom. The van der Waals surface area contributed by atoms with E-state index in [1.807, 2.05) is 48.5 Å².